The molecule has 0 unspecified atom stereocenters. The van der Waals surface area contributed by atoms with Crippen LogP contribution in [-0.4, -0.2) is 36.8 Å². The molecule has 1 aliphatic heterocycles. The highest BCUT2D eigenvalue weighted by molar-refractivity contribution is 7.91. The summed E-state index contributed by atoms with van der Waals surface area (Å²) in [6.45, 7) is 0.0523. The molecule has 2 aromatic rings. The zero-order chi connectivity index (χ0) is 17.3. The Kier molecular flexibility index (Phi) is 4.64. The third kappa shape index (κ3) is 3.47. The Hall–Kier alpha value is -1.86. The van der Waals surface area contributed by atoms with Crippen LogP contribution in [0.5, 0.6) is 0 Å². The maximum absolute atomic E-state index is 14.1. The Bertz CT molecular complexity index is 831. The Morgan fingerprint density at radius 2 is 2.12 bits per heavy atom. The van der Waals surface area contributed by atoms with Crippen LogP contribution < -0.4 is 0 Å². The van der Waals surface area contributed by atoms with Crippen LogP contribution in [0.4, 0.5) is 4.39 Å². The second-order valence-electron chi connectivity index (χ2n) is 5.67. The molecule has 3 rings (SSSR count). The minimum atomic E-state index is -3.21. The SMILES string of the molecule is O=C(c1c(F)cccc1Cl)N(Cc1ccco1)[C@H]1CCS(=O)(=O)C1. The molecule has 1 amide bonds. The molecule has 8 heteroatoms. The molecule has 1 aliphatic rings. The van der Waals surface area contributed by atoms with Gasteiger partial charge >= 0.3 is 0 Å². The molecule has 1 saturated heterocycles. The summed E-state index contributed by atoms with van der Waals surface area (Å²) in [6, 6.07) is 6.78. The minimum absolute atomic E-state index is 0.00457. The molecule has 0 bridgehead atoms. The second-order valence-corrected chi connectivity index (χ2v) is 8.30. The number of carbonyl (C=O) groups is 1. The number of nitrogens with zero attached hydrogens (tertiary/aromatic N) is 1. The van der Waals surface area contributed by atoms with Crippen molar-refractivity contribution in [1.82, 2.24) is 4.90 Å². The molecule has 1 aromatic heterocycles. The van der Waals surface area contributed by atoms with Gasteiger partial charge in [0, 0.05) is 6.04 Å². The molecule has 0 N–H and O–H groups in total. The van der Waals surface area contributed by atoms with E-state index >= 15 is 0 Å². The summed E-state index contributed by atoms with van der Waals surface area (Å²) in [7, 11) is -3.21. The molecule has 0 saturated carbocycles. The van der Waals surface area contributed by atoms with Gasteiger partial charge in [0.15, 0.2) is 9.84 Å². The van der Waals surface area contributed by atoms with E-state index in [0.29, 0.717) is 12.2 Å². The monoisotopic (exact) mass is 371 g/mol. The number of furan rings is 1. The van der Waals surface area contributed by atoms with E-state index in [0.717, 1.165) is 6.07 Å². The summed E-state index contributed by atoms with van der Waals surface area (Å²) < 4.78 is 42.9. The number of hydrogen-bond acceptors (Lipinski definition) is 4. The fraction of sp³-hybridized carbons (Fsp3) is 0.312. The van der Waals surface area contributed by atoms with Crippen molar-refractivity contribution < 1.29 is 22.0 Å². The normalized spacial score (nSPS) is 19.3. The van der Waals surface area contributed by atoms with Crippen molar-refractivity contribution in [2.24, 2.45) is 0 Å². The van der Waals surface area contributed by atoms with E-state index in [1.165, 1.54) is 23.3 Å². The topological polar surface area (TPSA) is 67.6 Å². The Morgan fingerprint density at radius 3 is 2.71 bits per heavy atom. The quantitative estimate of drug-likeness (QED) is 0.828. The van der Waals surface area contributed by atoms with Gasteiger partial charge in [-0.15, -0.1) is 0 Å². The van der Waals surface area contributed by atoms with E-state index < -0.39 is 27.6 Å². The Morgan fingerprint density at radius 1 is 1.33 bits per heavy atom. The first-order valence-corrected chi connectivity index (χ1v) is 9.55. The molecule has 2 heterocycles. The van der Waals surface area contributed by atoms with Crippen LogP contribution in [-0.2, 0) is 16.4 Å². The first-order valence-electron chi connectivity index (χ1n) is 7.35. The number of carbonyl (C=O) groups excluding carboxylic acids is 1. The van der Waals surface area contributed by atoms with Crippen LogP contribution in [0, 0.1) is 5.82 Å². The van der Waals surface area contributed by atoms with E-state index in [1.807, 2.05) is 0 Å². The Labute approximate surface area is 143 Å². The van der Waals surface area contributed by atoms with Crippen molar-refractivity contribution in [3.05, 3.63) is 58.8 Å². The summed E-state index contributed by atoms with van der Waals surface area (Å²) in [5.74, 6) is -1.04. The van der Waals surface area contributed by atoms with Crippen LogP contribution >= 0.6 is 11.6 Å². The molecule has 0 aliphatic carbocycles. The molecule has 1 atom stereocenters. The van der Waals surface area contributed by atoms with Crippen molar-refractivity contribution in [3.8, 4) is 0 Å². The molecular formula is C16H15ClFNO4S. The summed E-state index contributed by atoms with van der Waals surface area (Å²) >= 11 is 5.98. The summed E-state index contributed by atoms with van der Waals surface area (Å²) in [4.78, 5) is 14.2. The molecule has 0 spiro atoms. The standard InChI is InChI=1S/C16H15ClFNO4S/c17-13-4-1-5-14(18)15(13)16(20)19(9-12-3-2-7-23-12)11-6-8-24(21,22)10-11/h1-5,7,11H,6,8-10H2/t11-/m0/s1. The molecule has 128 valence electrons. The lowest BCUT2D eigenvalue weighted by Gasteiger charge is -2.28. The van der Waals surface area contributed by atoms with Crippen LogP contribution in [0.25, 0.3) is 0 Å². The van der Waals surface area contributed by atoms with Gasteiger partial charge < -0.3 is 9.32 Å². The van der Waals surface area contributed by atoms with Crippen molar-refractivity contribution >= 4 is 27.3 Å². The second kappa shape index (κ2) is 6.57. The van der Waals surface area contributed by atoms with Gasteiger partial charge in [-0.3, -0.25) is 4.79 Å². The van der Waals surface area contributed by atoms with E-state index in [-0.39, 0.29) is 28.6 Å². The maximum atomic E-state index is 14.1. The summed E-state index contributed by atoms with van der Waals surface area (Å²) in [6.07, 6.45) is 1.76. The predicted molar refractivity (Wildman–Crippen MR) is 87.1 cm³/mol. The van der Waals surface area contributed by atoms with Crippen molar-refractivity contribution in [2.45, 2.75) is 19.0 Å². The van der Waals surface area contributed by atoms with Crippen LogP contribution in [0.1, 0.15) is 22.5 Å². The zero-order valence-electron chi connectivity index (χ0n) is 12.6. The van der Waals surface area contributed by atoms with Gasteiger partial charge in [0.1, 0.15) is 11.6 Å². The average molecular weight is 372 g/mol. The van der Waals surface area contributed by atoms with Crippen LogP contribution in [0.3, 0.4) is 0 Å². The van der Waals surface area contributed by atoms with Crippen molar-refractivity contribution in [2.75, 3.05) is 11.5 Å². The number of amides is 1. The first-order chi connectivity index (χ1) is 11.4. The van der Waals surface area contributed by atoms with E-state index in [2.05, 4.69) is 0 Å². The van der Waals surface area contributed by atoms with E-state index in [9.17, 15) is 17.6 Å². The third-order valence-electron chi connectivity index (χ3n) is 3.99. The Balaban J connectivity index is 1.96. The number of halogens is 2. The first kappa shape index (κ1) is 17.0. The fourth-order valence-electron chi connectivity index (χ4n) is 2.80. The van der Waals surface area contributed by atoms with Gasteiger partial charge in [-0.25, -0.2) is 12.8 Å². The fourth-order valence-corrected chi connectivity index (χ4v) is 4.78. The van der Waals surface area contributed by atoms with Crippen molar-refractivity contribution in [1.29, 1.82) is 0 Å². The number of sulfone groups is 1. The lowest BCUT2D eigenvalue weighted by molar-refractivity contribution is 0.0661. The highest BCUT2D eigenvalue weighted by Gasteiger charge is 2.36. The molecule has 1 fully saturated rings. The maximum Gasteiger partial charge on any atom is 0.259 e. The van der Waals surface area contributed by atoms with Crippen molar-refractivity contribution in [3.63, 3.8) is 0 Å². The van der Waals surface area contributed by atoms with Gasteiger partial charge in [0.05, 0.1) is 34.9 Å². The largest absolute Gasteiger partial charge is 0.467 e. The number of rotatable bonds is 4. The lowest BCUT2D eigenvalue weighted by Crippen LogP contribution is -2.41. The highest BCUT2D eigenvalue weighted by Crippen LogP contribution is 2.26. The lowest BCUT2D eigenvalue weighted by atomic mass is 10.1. The van der Waals surface area contributed by atoms with E-state index in [4.69, 9.17) is 16.0 Å². The average Bonchev–Trinajstić information content (AvgIpc) is 3.13. The third-order valence-corrected chi connectivity index (χ3v) is 6.06. The predicted octanol–water partition coefficient (Wildman–Crippen LogP) is 2.90. The van der Waals surface area contributed by atoms with Crippen LogP contribution in [0.2, 0.25) is 5.02 Å². The molecule has 1 aromatic carbocycles. The molecular weight excluding hydrogens is 357 g/mol. The smallest absolute Gasteiger partial charge is 0.259 e. The van der Waals surface area contributed by atoms with Gasteiger partial charge in [-0.2, -0.15) is 0 Å². The number of benzene rings is 1. The zero-order valence-corrected chi connectivity index (χ0v) is 14.2. The van der Waals surface area contributed by atoms with Crippen LogP contribution in [0.15, 0.2) is 41.0 Å². The highest BCUT2D eigenvalue weighted by atomic mass is 35.5. The molecule has 24 heavy (non-hydrogen) atoms. The van der Waals surface area contributed by atoms with Gasteiger partial charge in [0.25, 0.3) is 5.91 Å². The summed E-state index contributed by atoms with van der Waals surface area (Å²) in [5.41, 5.74) is -0.255. The molecule has 5 nitrogen and oxygen atoms in total. The summed E-state index contributed by atoms with van der Waals surface area (Å²) in [5, 5.41) is -0.00898. The van der Waals surface area contributed by atoms with E-state index in [1.54, 1.807) is 12.1 Å². The van der Waals surface area contributed by atoms with Gasteiger partial charge in [0.2, 0.25) is 0 Å². The molecule has 0 radical (unpaired) electrons. The number of hydrogen-bond donors (Lipinski definition) is 0. The van der Waals surface area contributed by atoms with Gasteiger partial charge in [-0.05, 0) is 30.7 Å². The minimum Gasteiger partial charge on any atom is -0.467 e. The van der Waals surface area contributed by atoms with Gasteiger partial charge in [-0.1, -0.05) is 17.7 Å².